The van der Waals surface area contributed by atoms with Crippen molar-refractivity contribution in [1.82, 2.24) is 0 Å². The van der Waals surface area contributed by atoms with Gasteiger partial charge in [-0.25, -0.2) is 0 Å². The molecule has 0 saturated carbocycles. The van der Waals surface area contributed by atoms with Gasteiger partial charge in [0.05, 0.1) is 0 Å². The molecule has 0 aliphatic carbocycles. The Hall–Kier alpha value is -2.03. The topological polar surface area (TPSA) is 46.5 Å². The first kappa shape index (κ1) is 12.0. The molecule has 0 fully saturated rings. The van der Waals surface area contributed by atoms with Crippen molar-refractivity contribution in [2.75, 3.05) is 6.61 Å². The van der Waals surface area contributed by atoms with Crippen LogP contribution in [-0.2, 0) is 4.79 Å². The van der Waals surface area contributed by atoms with Crippen LogP contribution in [0.4, 0.5) is 0 Å². The summed E-state index contributed by atoms with van der Waals surface area (Å²) in [6, 6.07) is 4.95. The normalized spacial score (nSPS) is 10.3. The van der Waals surface area contributed by atoms with E-state index in [0.29, 0.717) is 12.4 Å². The summed E-state index contributed by atoms with van der Waals surface area (Å²) in [5, 5.41) is 9.61. The summed E-state index contributed by atoms with van der Waals surface area (Å²) in [6.45, 7) is 5.33. The number of ketones is 1. The molecule has 0 heterocycles. The molecule has 84 valence electrons. The Labute approximate surface area is 94.7 Å². The first-order valence-electron chi connectivity index (χ1n) is 4.89. The van der Waals surface area contributed by atoms with E-state index in [9.17, 15) is 9.90 Å². The van der Waals surface area contributed by atoms with Gasteiger partial charge in [-0.15, -0.1) is 0 Å². The first-order chi connectivity index (χ1) is 7.63. The lowest BCUT2D eigenvalue weighted by atomic mass is 10.2. The first-order valence-corrected chi connectivity index (χ1v) is 4.89. The zero-order valence-corrected chi connectivity index (χ0v) is 9.14. The molecule has 0 aliphatic heterocycles. The van der Waals surface area contributed by atoms with Gasteiger partial charge in [-0.3, -0.25) is 4.79 Å². The Balaban J connectivity index is 2.82. The van der Waals surface area contributed by atoms with Gasteiger partial charge < -0.3 is 9.84 Å². The van der Waals surface area contributed by atoms with Crippen molar-refractivity contribution in [3.63, 3.8) is 0 Å². The number of allylic oxidation sites excluding steroid dienone is 1. The fourth-order valence-electron chi connectivity index (χ4n) is 1.12. The maximum Gasteiger partial charge on any atom is 0.161 e. The summed E-state index contributed by atoms with van der Waals surface area (Å²) in [4.78, 5) is 10.7. The second-order valence-electron chi connectivity index (χ2n) is 3.27. The molecule has 0 radical (unpaired) electrons. The summed E-state index contributed by atoms with van der Waals surface area (Å²) in [5.74, 6) is 0.416. The van der Waals surface area contributed by atoms with Gasteiger partial charge in [0, 0.05) is 0 Å². The highest BCUT2D eigenvalue weighted by Crippen LogP contribution is 2.27. The third kappa shape index (κ3) is 3.61. The molecule has 0 atom stereocenters. The van der Waals surface area contributed by atoms with Crippen LogP contribution in [-0.4, -0.2) is 17.5 Å². The third-order valence-electron chi connectivity index (χ3n) is 1.85. The predicted molar refractivity (Wildman–Crippen MR) is 63.5 cm³/mol. The number of ether oxygens (including phenoxy) is 1. The summed E-state index contributed by atoms with van der Waals surface area (Å²) in [5.41, 5.74) is 0.749. The van der Waals surface area contributed by atoms with Crippen molar-refractivity contribution in [3.8, 4) is 11.5 Å². The summed E-state index contributed by atoms with van der Waals surface area (Å²) >= 11 is 0. The smallest absolute Gasteiger partial charge is 0.161 e. The maximum atomic E-state index is 10.7. The van der Waals surface area contributed by atoms with Gasteiger partial charge in [0.2, 0.25) is 0 Å². The van der Waals surface area contributed by atoms with Gasteiger partial charge in [0.1, 0.15) is 6.61 Å². The molecule has 1 rings (SSSR count). The molecule has 3 nitrogen and oxygen atoms in total. The zero-order chi connectivity index (χ0) is 12.0. The van der Waals surface area contributed by atoms with E-state index in [4.69, 9.17) is 4.74 Å². The Morgan fingerprint density at radius 3 is 2.88 bits per heavy atom. The number of benzene rings is 1. The van der Waals surface area contributed by atoms with Crippen LogP contribution in [0.1, 0.15) is 12.5 Å². The van der Waals surface area contributed by atoms with Crippen molar-refractivity contribution in [2.45, 2.75) is 6.92 Å². The van der Waals surface area contributed by atoms with Crippen LogP contribution in [0.25, 0.3) is 6.08 Å². The molecule has 16 heavy (non-hydrogen) atoms. The molecule has 1 N–H and O–H groups in total. The molecule has 0 spiro atoms. The molecule has 0 amide bonds. The van der Waals surface area contributed by atoms with Crippen LogP contribution in [0.3, 0.4) is 0 Å². The van der Waals surface area contributed by atoms with Gasteiger partial charge in [-0.05, 0) is 30.7 Å². The molecule has 0 aliphatic rings. The monoisotopic (exact) mass is 218 g/mol. The Morgan fingerprint density at radius 2 is 2.31 bits per heavy atom. The standard InChI is InChI=1S/C13H14O3/c1-3-8-16-13-7-6-11(9-12(13)15)5-4-10(2)14/h3-7,9,15H,1,8H2,2H3/b5-4+. The SMILES string of the molecule is C=CCOc1ccc(/C=C/C(C)=O)cc1O. The molecule has 1 aromatic rings. The van der Waals surface area contributed by atoms with Crippen molar-refractivity contribution >= 4 is 11.9 Å². The molecular weight excluding hydrogens is 204 g/mol. The average molecular weight is 218 g/mol. The minimum atomic E-state index is -0.0357. The number of hydrogen-bond donors (Lipinski definition) is 1. The molecule has 0 unspecified atom stereocenters. The number of aromatic hydroxyl groups is 1. The lowest BCUT2D eigenvalue weighted by molar-refractivity contribution is -0.112. The van der Waals surface area contributed by atoms with E-state index in [1.807, 2.05) is 0 Å². The predicted octanol–water partition coefficient (Wildman–Crippen LogP) is 2.56. The van der Waals surface area contributed by atoms with Crippen LogP contribution in [0, 0.1) is 0 Å². The van der Waals surface area contributed by atoms with Gasteiger partial charge in [0.25, 0.3) is 0 Å². The average Bonchev–Trinajstić information content (AvgIpc) is 2.25. The molecule has 0 bridgehead atoms. The maximum absolute atomic E-state index is 10.7. The van der Waals surface area contributed by atoms with Crippen molar-refractivity contribution in [1.29, 1.82) is 0 Å². The molecule has 3 heteroatoms. The quantitative estimate of drug-likeness (QED) is 0.610. The van der Waals surface area contributed by atoms with E-state index in [0.717, 1.165) is 5.56 Å². The highest BCUT2D eigenvalue weighted by Gasteiger charge is 2.01. The molecule has 0 saturated heterocycles. The lowest BCUT2D eigenvalue weighted by Crippen LogP contribution is -1.93. The summed E-state index contributed by atoms with van der Waals surface area (Å²) in [7, 11) is 0. The number of phenolic OH excluding ortho intramolecular Hbond substituents is 1. The number of carbonyl (C=O) groups excluding carboxylic acids is 1. The Bertz CT molecular complexity index is 419. The van der Waals surface area contributed by atoms with Gasteiger partial charge in [0.15, 0.2) is 17.3 Å². The number of rotatable bonds is 5. The van der Waals surface area contributed by atoms with Crippen LogP contribution in [0.5, 0.6) is 11.5 Å². The van der Waals surface area contributed by atoms with E-state index in [2.05, 4.69) is 6.58 Å². The van der Waals surface area contributed by atoms with E-state index in [1.165, 1.54) is 19.1 Å². The zero-order valence-electron chi connectivity index (χ0n) is 9.14. The minimum Gasteiger partial charge on any atom is -0.504 e. The highest BCUT2D eigenvalue weighted by atomic mass is 16.5. The second-order valence-corrected chi connectivity index (χ2v) is 3.27. The third-order valence-corrected chi connectivity index (χ3v) is 1.85. The largest absolute Gasteiger partial charge is 0.504 e. The van der Waals surface area contributed by atoms with E-state index >= 15 is 0 Å². The number of phenols is 1. The van der Waals surface area contributed by atoms with Crippen LogP contribution >= 0.6 is 0 Å². The fraction of sp³-hybridized carbons (Fsp3) is 0.154. The molecular formula is C13H14O3. The van der Waals surface area contributed by atoms with Crippen molar-refractivity contribution in [3.05, 3.63) is 42.5 Å². The minimum absolute atomic E-state index is 0.0357. The second kappa shape index (κ2) is 5.75. The summed E-state index contributed by atoms with van der Waals surface area (Å²) in [6.07, 6.45) is 4.68. The molecule has 1 aromatic carbocycles. The van der Waals surface area contributed by atoms with E-state index in [1.54, 1.807) is 24.3 Å². The Kier molecular flexibility index (Phi) is 4.33. The van der Waals surface area contributed by atoms with E-state index in [-0.39, 0.29) is 11.5 Å². The van der Waals surface area contributed by atoms with Crippen molar-refractivity contribution in [2.24, 2.45) is 0 Å². The van der Waals surface area contributed by atoms with E-state index < -0.39 is 0 Å². The van der Waals surface area contributed by atoms with Crippen LogP contribution in [0.2, 0.25) is 0 Å². The Morgan fingerprint density at radius 1 is 1.56 bits per heavy atom. The van der Waals surface area contributed by atoms with Crippen LogP contribution in [0.15, 0.2) is 36.9 Å². The fourth-order valence-corrected chi connectivity index (χ4v) is 1.12. The number of hydrogen-bond acceptors (Lipinski definition) is 3. The van der Waals surface area contributed by atoms with Gasteiger partial charge in [-0.1, -0.05) is 24.8 Å². The van der Waals surface area contributed by atoms with Crippen LogP contribution < -0.4 is 4.74 Å². The number of carbonyl (C=O) groups is 1. The summed E-state index contributed by atoms with van der Waals surface area (Å²) < 4.78 is 5.21. The molecule has 0 aromatic heterocycles. The van der Waals surface area contributed by atoms with Gasteiger partial charge in [-0.2, -0.15) is 0 Å². The van der Waals surface area contributed by atoms with Gasteiger partial charge >= 0.3 is 0 Å². The highest BCUT2D eigenvalue weighted by molar-refractivity contribution is 5.91. The lowest BCUT2D eigenvalue weighted by Gasteiger charge is -2.05. The van der Waals surface area contributed by atoms with Crippen molar-refractivity contribution < 1.29 is 14.6 Å².